The fourth-order valence-corrected chi connectivity index (χ4v) is 6.45. The van der Waals surface area contributed by atoms with Gasteiger partial charge in [-0.25, -0.2) is 4.79 Å². The summed E-state index contributed by atoms with van der Waals surface area (Å²) in [4.78, 5) is 28.4. The van der Waals surface area contributed by atoms with Crippen LogP contribution in [0.15, 0.2) is 39.3 Å². The first-order valence-electron chi connectivity index (χ1n) is 12.6. The van der Waals surface area contributed by atoms with Crippen LogP contribution in [0.25, 0.3) is 11.1 Å². The average molecular weight is 621 g/mol. The van der Waals surface area contributed by atoms with E-state index in [4.69, 9.17) is 16.2 Å². The molecule has 36 heavy (non-hydrogen) atoms. The molecule has 1 heterocycles. The van der Waals surface area contributed by atoms with E-state index in [9.17, 15) is 9.59 Å². The number of hydrogen-bond acceptors (Lipinski definition) is 5. The monoisotopic (exact) mass is 619 g/mol. The fraction of sp³-hybridized carbons (Fsp3) is 0.500. The number of amides is 1. The number of rotatable bonds is 6. The van der Waals surface area contributed by atoms with Crippen molar-refractivity contribution in [3.8, 4) is 11.1 Å². The number of halogens is 2. The van der Waals surface area contributed by atoms with E-state index in [1.54, 1.807) is 4.90 Å². The number of unbranched alkanes of at least 4 members (excludes halogenated alkanes) is 1. The molecule has 2 aliphatic rings. The van der Waals surface area contributed by atoms with Gasteiger partial charge < -0.3 is 21.1 Å². The van der Waals surface area contributed by atoms with E-state index in [0.29, 0.717) is 44.5 Å². The van der Waals surface area contributed by atoms with Crippen molar-refractivity contribution in [1.29, 1.82) is 0 Å². The molecule has 0 saturated carbocycles. The molecule has 1 spiro atoms. The second kappa shape index (κ2) is 10.6. The highest BCUT2D eigenvalue weighted by Crippen LogP contribution is 2.56. The lowest BCUT2D eigenvalue weighted by molar-refractivity contribution is 0.0181. The number of piperidine rings is 1. The van der Waals surface area contributed by atoms with Gasteiger partial charge in [0.15, 0.2) is 5.78 Å². The van der Waals surface area contributed by atoms with Crippen LogP contribution in [0.3, 0.4) is 0 Å². The maximum atomic E-state index is 13.8. The molecule has 1 aliphatic heterocycles. The molecule has 6 nitrogen and oxygen atoms in total. The first-order valence-corrected chi connectivity index (χ1v) is 14.2. The Labute approximate surface area is 230 Å². The van der Waals surface area contributed by atoms with Crippen molar-refractivity contribution in [3.63, 3.8) is 0 Å². The Morgan fingerprint density at radius 2 is 1.75 bits per heavy atom. The maximum Gasteiger partial charge on any atom is 0.410 e. The number of hydrogen-bond donors (Lipinski definition) is 2. The van der Waals surface area contributed by atoms with Crippen molar-refractivity contribution >= 4 is 43.7 Å². The summed E-state index contributed by atoms with van der Waals surface area (Å²) in [6, 6.07) is 9.79. The molecule has 1 amide bonds. The first kappa shape index (κ1) is 27.3. The topological polar surface area (TPSA) is 98.6 Å². The molecule has 4 N–H and O–H groups in total. The summed E-state index contributed by atoms with van der Waals surface area (Å²) < 4.78 is 7.40. The molecule has 2 aromatic carbocycles. The van der Waals surface area contributed by atoms with Gasteiger partial charge in [-0.1, -0.05) is 50.4 Å². The number of ketones is 1. The van der Waals surface area contributed by atoms with Crippen LogP contribution in [-0.4, -0.2) is 48.1 Å². The van der Waals surface area contributed by atoms with E-state index in [2.05, 4.69) is 50.1 Å². The number of fused-ring (bicyclic) bond motifs is 5. The van der Waals surface area contributed by atoms with Crippen LogP contribution >= 0.6 is 31.9 Å². The molecule has 1 aliphatic carbocycles. The van der Waals surface area contributed by atoms with Gasteiger partial charge in [0.25, 0.3) is 0 Å². The molecule has 194 valence electrons. The lowest BCUT2D eigenvalue weighted by Gasteiger charge is -2.42. The SMILES string of the molecule is CC(C)(C)OC(=O)N1CCC2(CC1)c1cc(Br)ccc1-c1ccc(Br)c(C(=O)C(N)CCCCN)c12. The van der Waals surface area contributed by atoms with E-state index >= 15 is 0 Å². The van der Waals surface area contributed by atoms with Gasteiger partial charge in [-0.3, -0.25) is 4.79 Å². The summed E-state index contributed by atoms with van der Waals surface area (Å²) in [7, 11) is 0. The molecule has 0 bridgehead atoms. The number of carbonyl (C=O) groups is 2. The van der Waals surface area contributed by atoms with Crippen LogP contribution in [0.5, 0.6) is 0 Å². The summed E-state index contributed by atoms with van der Waals surface area (Å²) in [5.74, 6) is -0.0448. The molecule has 1 saturated heterocycles. The zero-order valence-corrected chi connectivity index (χ0v) is 24.4. The van der Waals surface area contributed by atoms with Crippen molar-refractivity contribution < 1.29 is 14.3 Å². The Morgan fingerprint density at radius 3 is 2.39 bits per heavy atom. The molecule has 0 aromatic heterocycles. The quantitative estimate of drug-likeness (QED) is 0.298. The molecule has 1 atom stereocenters. The third-order valence-electron chi connectivity index (χ3n) is 7.24. The van der Waals surface area contributed by atoms with Crippen LogP contribution in [0.1, 0.15) is 74.4 Å². The molecule has 4 rings (SSSR count). The fourth-order valence-electron chi connectivity index (χ4n) is 5.56. The van der Waals surface area contributed by atoms with Crippen molar-refractivity contribution in [2.24, 2.45) is 11.5 Å². The smallest absolute Gasteiger partial charge is 0.410 e. The van der Waals surface area contributed by atoms with Crippen molar-refractivity contribution in [2.75, 3.05) is 19.6 Å². The Hall–Kier alpha value is -1.74. The van der Waals surface area contributed by atoms with Crippen molar-refractivity contribution in [1.82, 2.24) is 4.90 Å². The van der Waals surface area contributed by atoms with Crippen LogP contribution < -0.4 is 11.5 Å². The van der Waals surface area contributed by atoms with E-state index in [-0.39, 0.29) is 11.9 Å². The minimum absolute atomic E-state index is 0.0448. The number of likely N-dealkylation sites (tertiary alicyclic amines) is 1. The number of carbonyl (C=O) groups excluding carboxylic acids is 2. The minimum atomic E-state index is -0.589. The van der Waals surface area contributed by atoms with Gasteiger partial charge in [0.1, 0.15) is 5.60 Å². The second-order valence-corrected chi connectivity index (χ2v) is 12.6. The zero-order valence-electron chi connectivity index (χ0n) is 21.2. The Bertz CT molecular complexity index is 1170. The summed E-state index contributed by atoms with van der Waals surface area (Å²) in [5.41, 5.74) is 16.3. The number of nitrogens with zero attached hydrogens (tertiary/aromatic N) is 1. The Morgan fingerprint density at radius 1 is 1.08 bits per heavy atom. The van der Waals surface area contributed by atoms with Crippen LogP contribution in [-0.2, 0) is 10.2 Å². The number of nitrogens with two attached hydrogens (primary N) is 2. The predicted molar refractivity (Wildman–Crippen MR) is 150 cm³/mol. The predicted octanol–water partition coefficient (Wildman–Crippen LogP) is 6.15. The van der Waals surface area contributed by atoms with Gasteiger partial charge in [0, 0.05) is 33.0 Å². The van der Waals surface area contributed by atoms with Crippen LogP contribution in [0.4, 0.5) is 4.79 Å². The third-order valence-corrected chi connectivity index (χ3v) is 8.40. The lowest BCUT2D eigenvalue weighted by atomic mass is 9.69. The van der Waals surface area contributed by atoms with Crippen molar-refractivity contribution in [3.05, 3.63) is 56.0 Å². The van der Waals surface area contributed by atoms with Gasteiger partial charge >= 0.3 is 6.09 Å². The normalized spacial score (nSPS) is 17.0. The molecule has 1 unspecified atom stereocenters. The summed E-state index contributed by atoms with van der Waals surface area (Å²) in [6.07, 6.45) is 3.36. The van der Waals surface area contributed by atoms with E-state index < -0.39 is 17.1 Å². The van der Waals surface area contributed by atoms with Gasteiger partial charge in [0.05, 0.1) is 6.04 Å². The molecule has 8 heteroatoms. The van der Waals surface area contributed by atoms with Gasteiger partial charge in [-0.05, 0) is 93.5 Å². The average Bonchev–Trinajstić information content (AvgIpc) is 3.07. The summed E-state index contributed by atoms with van der Waals surface area (Å²) in [5, 5.41) is 0. The maximum absolute atomic E-state index is 13.8. The van der Waals surface area contributed by atoms with Crippen LogP contribution in [0, 0.1) is 0 Å². The number of Topliss-reactive ketones (excluding diaryl/α,β-unsaturated/α-hetero) is 1. The van der Waals surface area contributed by atoms with Crippen molar-refractivity contribution in [2.45, 2.75) is 69.9 Å². The summed E-state index contributed by atoms with van der Waals surface area (Å²) in [6.45, 7) is 7.31. The summed E-state index contributed by atoms with van der Waals surface area (Å²) >= 11 is 7.35. The van der Waals surface area contributed by atoms with E-state index in [0.717, 1.165) is 38.5 Å². The first-order chi connectivity index (χ1) is 17.0. The van der Waals surface area contributed by atoms with Gasteiger partial charge in [-0.2, -0.15) is 0 Å². The zero-order chi connectivity index (χ0) is 26.3. The second-order valence-electron chi connectivity index (χ2n) is 10.8. The van der Waals surface area contributed by atoms with E-state index in [1.807, 2.05) is 32.9 Å². The Balaban J connectivity index is 1.76. The van der Waals surface area contributed by atoms with E-state index in [1.165, 1.54) is 5.56 Å². The highest BCUT2D eigenvalue weighted by Gasteiger charge is 2.49. The standard InChI is InChI=1S/C28H35Br2N3O3/c1-27(2,3)36-26(35)33-14-11-28(12-15-33)20-16-17(29)7-8-18(20)19-9-10-21(30)23(24(19)28)25(34)22(32)6-4-5-13-31/h7-10,16,22H,4-6,11-15,31-32H2,1-3H3. The molecular formula is C28H35Br2N3O3. The largest absolute Gasteiger partial charge is 0.444 e. The highest BCUT2D eigenvalue weighted by molar-refractivity contribution is 9.10. The lowest BCUT2D eigenvalue weighted by Crippen LogP contribution is -2.47. The van der Waals surface area contributed by atoms with Crippen LogP contribution in [0.2, 0.25) is 0 Å². The Kier molecular flexibility index (Phi) is 8.01. The number of benzene rings is 2. The molecular weight excluding hydrogens is 586 g/mol. The van der Waals surface area contributed by atoms with Gasteiger partial charge in [-0.15, -0.1) is 0 Å². The molecule has 2 aromatic rings. The number of ether oxygens (including phenoxy) is 1. The molecule has 1 fully saturated rings. The van der Waals surface area contributed by atoms with Gasteiger partial charge in [0.2, 0.25) is 0 Å². The minimum Gasteiger partial charge on any atom is -0.444 e. The third kappa shape index (κ3) is 5.15. The highest BCUT2D eigenvalue weighted by atomic mass is 79.9. The molecule has 0 radical (unpaired) electrons.